The first-order valence-corrected chi connectivity index (χ1v) is 6.38. The standard InChI is InChI=1S/C13H12N4O3/c14-7-9-5-11-10(12(6-9)17(18)19)8-15-16(11)13-3-1-2-4-20-13/h5-6,8,13H,1-4H2. The molecule has 7 heteroatoms. The van der Waals surface area contributed by atoms with Crippen molar-refractivity contribution in [3.05, 3.63) is 34.0 Å². The van der Waals surface area contributed by atoms with Crippen molar-refractivity contribution in [2.45, 2.75) is 25.5 Å². The average Bonchev–Trinajstić information content (AvgIpc) is 2.90. The van der Waals surface area contributed by atoms with Crippen molar-refractivity contribution in [2.75, 3.05) is 6.61 Å². The molecule has 0 N–H and O–H groups in total. The molecule has 1 aromatic carbocycles. The van der Waals surface area contributed by atoms with Crippen molar-refractivity contribution in [3.8, 4) is 6.07 Å². The quantitative estimate of drug-likeness (QED) is 0.618. The van der Waals surface area contributed by atoms with E-state index >= 15 is 0 Å². The van der Waals surface area contributed by atoms with E-state index in [2.05, 4.69) is 5.10 Å². The van der Waals surface area contributed by atoms with Crippen LogP contribution in [-0.4, -0.2) is 21.3 Å². The number of hydrogen-bond donors (Lipinski definition) is 0. The first kappa shape index (κ1) is 12.6. The fourth-order valence-electron chi connectivity index (χ4n) is 2.49. The molecule has 0 aliphatic carbocycles. The van der Waals surface area contributed by atoms with Crippen molar-refractivity contribution in [3.63, 3.8) is 0 Å². The lowest BCUT2D eigenvalue weighted by atomic mass is 10.1. The summed E-state index contributed by atoms with van der Waals surface area (Å²) < 4.78 is 7.29. The van der Waals surface area contributed by atoms with Crippen LogP contribution >= 0.6 is 0 Å². The molecule has 1 atom stereocenters. The number of nitro groups is 1. The van der Waals surface area contributed by atoms with E-state index in [1.54, 1.807) is 10.7 Å². The van der Waals surface area contributed by atoms with Gasteiger partial charge in [0.1, 0.15) is 0 Å². The highest BCUT2D eigenvalue weighted by Crippen LogP contribution is 2.31. The molecule has 0 radical (unpaired) electrons. The molecular formula is C13H12N4O3. The van der Waals surface area contributed by atoms with Gasteiger partial charge in [0, 0.05) is 12.7 Å². The molecule has 2 heterocycles. The fourth-order valence-corrected chi connectivity index (χ4v) is 2.49. The average molecular weight is 272 g/mol. The zero-order valence-corrected chi connectivity index (χ0v) is 10.7. The molecule has 1 fully saturated rings. The van der Waals surface area contributed by atoms with Crippen LogP contribution in [0, 0.1) is 21.4 Å². The highest BCUT2D eigenvalue weighted by atomic mass is 16.6. The highest BCUT2D eigenvalue weighted by Gasteiger charge is 2.23. The van der Waals surface area contributed by atoms with E-state index in [0.717, 1.165) is 19.3 Å². The Morgan fingerprint density at radius 1 is 1.50 bits per heavy atom. The van der Waals surface area contributed by atoms with E-state index in [9.17, 15) is 10.1 Å². The van der Waals surface area contributed by atoms with Crippen LogP contribution in [0.2, 0.25) is 0 Å². The van der Waals surface area contributed by atoms with Gasteiger partial charge < -0.3 is 4.74 Å². The fraction of sp³-hybridized carbons (Fsp3) is 0.385. The Morgan fingerprint density at radius 3 is 3.00 bits per heavy atom. The molecule has 2 aromatic rings. The number of non-ortho nitro benzene ring substituents is 1. The Hall–Kier alpha value is -2.46. The number of rotatable bonds is 2. The van der Waals surface area contributed by atoms with Gasteiger partial charge in [0.05, 0.1) is 33.7 Å². The molecule has 0 amide bonds. The Bertz CT molecular complexity index is 710. The highest BCUT2D eigenvalue weighted by molar-refractivity contribution is 5.89. The molecule has 1 aliphatic heterocycles. The summed E-state index contributed by atoms with van der Waals surface area (Å²) in [5.41, 5.74) is 0.727. The van der Waals surface area contributed by atoms with Gasteiger partial charge in [-0.3, -0.25) is 10.1 Å². The van der Waals surface area contributed by atoms with E-state index in [1.807, 2.05) is 6.07 Å². The molecule has 1 aliphatic rings. The number of nitro benzene ring substituents is 1. The zero-order valence-electron chi connectivity index (χ0n) is 10.7. The first-order valence-electron chi connectivity index (χ1n) is 6.38. The summed E-state index contributed by atoms with van der Waals surface area (Å²) in [6.45, 7) is 0.659. The molecule has 3 rings (SSSR count). The van der Waals surface area contributed by atoms with Crippen LogP contribution in [0.1, 0.15) is 31.1 Å². The Morgan fingerprint density at radius 2 is 2.35 bits per heavy atom. The predicted molar refractivity (Wildman–Crippen MR) is 69.9 cm³/mol. The SMILES string of the molecule is N#Cc1cc([N+](=O)[O-])c2cnn(C3CCCCO3)c2c1. The molecule has 1 unspecified atom stereocenters. The summed E-state index contributed by atoms with van der Waals surface area (Å²) in [5.74, 6) is 0. The van der Waals surface area contributed by atoms with Gasteiger partial charge in [-0.15, -0.1) is 0 Å². The third kappa shape index (κ3) is 2.00. The molecule has 1 aromatic heterocycles. The van der Waals surface area contributed by atoms with Crippen LogP contribution in [0.15, 0.2) is 18.3 Å². The Balaban J connectivity index is 2.17. The van der Waals surface area contributed by atoms with E-state index < -0.39 is 4.92 Å². The Kier molecular flexibility index (Phi) is 3.08. The molecule has 7 nitrogen and oxygen atoms in total. The lowest BCUT2D eigenvalue weighted by molar-refractivity contribution is -0.383. The summed E-state index contributed by atoms with van der Waals surface area (Å²) in [4.78, 5) is 10.6. The second-order valence-electron chi connectivity index (χ2n) is 4.71. The van der Waals surface area contributed by atoms with Crippen molar-refractivity contribution >= 4 is 16.6 Å². The minimum atomic E-state index is -0.489. The third-order valence-corrected chi connectivity index (χ3v) is 3.45. The van der Waals surface area contributed by atoms with Crippen LogP contribution < -0.4 is 0 Å². The molecule has 102 valence electrons. The summed E-state index contributed by atoms with van der Waals surface area (Å²) >= 11 is 0. The monoisotopic (exact) mass is 272 g/mol. The van der Waals surface area contributed by atoms with E-state index in [4.69, 9.17) is 10.00 Å². The van der Waals surface area contributed by atoms with Gasteiger partial charge in [-0.25, -0.2) is 4.68 Å². The van der Waals surface area contributed by atoms with E-state index in [0.29, 0.717) is 17.5 Å². The summed E-state index contributed by atoms with van der Waals surface area (Å²) in [5, 5.41) is 24.8. The van der Waals surface area contributed by atoms with Crippen molar-refractivity contribution < 1.29 is 9.66 Å². The molecule has 0 bridgehead atoms. The second kappa shape index (κ2) is 4.90. The third-order valence-electron chi connectivity index (χ3n) is 3.45. The molecule has 20 heavy (non-hydrogen) atoms. The first-order chi connectivity index (χ1) is 9.70. The number of nitriles is 1. The molecule has 1 saturated heterocycles. The van der Waals surface area contributed by atoms with E-state index in [-0.39, 0.29) is 17.5 Å². The molecule has 0 spiro atoms. The van der Waals surface area contributed by atoms with Gasteiger partial charge in [0.2, 0.25) is 0 Å². The molecular weight excluding hydrogens is 260 g/mol. The van der Waals surface area contributed by atoms with Gasteiger partial charge in [0.15, 0.2) is 6.23 Å². The van der Waals surface area contributed by atoms with Crippen molar-refractivity contribution in [1.82, 2.24) is 9.78 Å². The van der Waals surface area contributed by atoms with E-state index in [1.165, 1.54) is 12.3 Å². The van der Waals surface area contributed by atoms with Crippen LogP contribution in [0.25, 0.3) is 10.9 Å². The lowest BCUT2D eigenvalue weighted by Gasteiger charge is -2.23. The van der Waals surface area contributed by atoms with Gasteiger partial charge in [-0.05, 0) is 25.3 Å². The van der Waals surface area contributed by atoms with Crippen LogP contribution in [-0.2, 0) is 4.74 Å². The van der Waals surface area contributed by atoms with Gasteiger partial charge in [-0.1, -0.05) is 0 Å². The number of ether oxygens (including phenoxy) is 1. The largest absolute Gasteiger partial charge is 0.356 e. The predicted octanol–water partition coefficient (Wildman–Crippen LogP) is 2.52. The zero-order chi connectivity index (χ0) is 14.1. The van der Waals surface area contributed by atoms with Gasteiger partial charge in [-0.2, -0.15) is 10.4 Å². The lowest BCUT2D eigenvalue weighted by Crippen LogP contribution is -2.19. The maximum absolute atomic E-state index is 11.1. The van der Waals surface area contributed by atoms with Gasteiger partial charge in [0.25, 0.3) is 5.69 Å². The van der Waals surface area contributed by atoms with Crippen LogP contribution in [0.3, 0.4) is 0 Å². The van der Waals surface area contributed by atoms with Crippen molar-refractivity contribution in [2.24, 2.45) is 0 Å². The smallest absolute Gasteiger partial charge is 0.281 e. The van der Waals surface area contributed by atoms with Crippen molar-refractivity contribution in [1.29, 1.82) is 5.26 Å². The van der Waals surface area contributed by atoms with Crippen LogP contribution in [0.4, 0.5) is 5.69 Å². The normalized spacial score (nSPS) is 18.9. The van der Waals surface area contributed by atoms with Crippen LogP contribution in [0.5, 0.6) is 0 Å². The summed E-state index contributed by atoms with van der Waals surface area (Å²) in [6, 6.07) is 4.84. The second-order valence-corrected chi connectivity index (χ2v) is 4.71. The maximum atomic E-state index is 11.1. The number of aromatic nitrogens is 2. The number of nitrogens with zero attached hydrogens (tertiary/aromatic N) is 4. The minimum absolute atomic E-state index is 0.0962. The Labute approximate surface area is 114 Å². The topological polar surface area (TPSA) is 94.0 Å². The summed E-state index contributed by atoms with van der Waals surface area (Å²) in [6.07, 6.45) is 4.12. The molecule has 0 saturated carbocycles. The maximum Gasteiger partial charge on any atom is 0.281 e. The number of benzene rings is 1. The summed E-state index contributed by atoms with van der Waals surface area (Å²) in [7, 11) is 0. The minimum Gasteiger partial charge on any atom is -0.356 e. The number of hydrogen-bond acceptors (Lipinski definition) is 5. The van der Waals surface area contributed by atoms with Gasteiger partial charge >= 0.3 is 0 Å². The number of fused-ring (bicyclic) bond motifs is 1.